The monoisotopic (exact) mass is 778 g/mol. The van der Waals surface area contributed by atoms with Gasteiger partial charge in [-0.1, -0.05) is 35.3 Å². The average Bonchev–Trinajstić information content (AvgIpc) is 3.58. The van der Waals surface area contributed by atoms with E-state index >= 15 is 0 Å². The number of anilines is 1. The number of halogens is 4. The number of carbonyl (C=O) groups excluding carboxylic acids is 2. The van der Waals surface area contributed by atoms with E-state index in [9.17, 15) is 18.4 Å². The van der Waals surface area contributed by atoms with Crippen LogP contribution in [0.3, 0.4) is 0 Å². The van der Waals surface area contributed by atoms with Gasteiger partial charge in [0.2, 0.25) is 0 Å². The van der Waals surface area contributed by atoms with Gasteiger partial charge in [0.25, 0.3) is 0 Å². The molecule has 11 nitrogen and oxygen atoms in total. The number of aromatic amines is 1. The molecule has 16 heteroatoms. The summed E-state index contributed by atoms with van der Waals surface area (Å²) < 4.78 is 48.9. The molecule has 3 saturated heterocycles. The summed E-state index contributed by atoms with van der Waals surface area (Å²) in [6.07, 6.45) is 4.75. The highest BCUT2D eigenvalue weighted by molar-refractivity contribution is 7.14. The van der Waals surface area contributed by atoms with Gasteiger partial charge in [-0.3, -0.25) is 9.80 Å². The molecule has 0 spiro atoms. The van der Waals surface area contributed by atoms with E-state index in [4.69, 9.17) is 37.4 Å². The Morgan fingerprint density at radius 3 is 2.42 bits per heavy atom. The number of nitrogens with zero attached hydrogens (tertiary/aromatic N) is 3. The van der Waals surface area contributed by atoms with E-state index in [2.05, 4.69) is 19.6 Å². The Labute approximate surface area is 313 Å². The number of rotatable bonds is 13. The number of pyridine rings is 2. The van der Waals surface area contributed by atoms with Crippen LogP contribution < -0.4 is 19.4 Å². The van der Waals surface area contributed by atoms with E-state index in [1.807, 2.05) is 0 Å². The predicted molar refractivity (Wildman–Crippen MR) is 190 cm³/mol. The SMILES string of the molecule is CC(C)Oc1cc([C@H](Cc2c(Cl)c[nH+]cc2Cl)OC(=O)c2ccc(CN(C(=O)O[C@H]3CN4CCC3CC4)c3ccccn3)s2)ccc1OC(F)F.[OH-]. The van der Waals surface area contributed by atoms with Crippen LogP contribution in [0.1, 0.15) is 58.5 Å². The number of alkyl halides is 2. The number of hydrogen-bond donors (Lipinski definition) is 0. The normalized spacial score (nSPS) is 18.4. The van der Waals surface area contributed by atoms with Crippen molar-refractivity contribution in [3.8, 4) is 11.5 Å². The Morgan fingerprint density at radius 1 is 1.04 bits per heavy atom. The van der Waals surface area contributed by atoms with Gasteiger partial charge in [0.05, 0.1) is 12.6 Å². The number of piperidine rings is 3. The number of nitrogens with one attached hydrogen (secondary N) is 1. The number of benzene rings is 1. The van der Waals surface area contributed by atoms with Crippen LogP contribution in [0, 0.1) is 5.92 Å². The van der Waals surface area contributed by atoms with Gasteiger partial charge in [0, 0.05) is 29.6 Å². The van der Waals surface area contributed by atoms with Gasteiger partial charge in [-0.05, 0) is 87.7 Å². The molecule has 7 rings (SSSR count). The van der Waals surface area contributed by atoms with Crippen LogP contribution in [-0.4, -0.2) is 65.9 Å². The summed E-state index contributed by atoms with van der Waals surface area (Å²) in [5.74, 6) is 0.00433. The summed E-state index contributed by atoms with van der Waals surface area (Å²) in [7, 11) is 0. The molecule has 52 heavy (non-hydrogen) atoms. The molecule has 2 atom stereocenters. The maximum atomic E-state index is 13.7. The lowest BCUT2D eigenvalue weighted by Crippen LogP contribution is -2.53. The van der Waals surface area contributed by atoms with Crippen molar-refractivity contribution in [3.63, 3.8) is 0 Å². The molecule has 0 radical (unpaired) electrons. The maximum Gasteiger partial charge on any atom is 0.416 e. The van der Waals surface area contributed by atoms with Crippen molar-refractivity contribution in [3.05, 3.63) is 98.0 Å². The summed E-state index contributed by atoms with van der Waals surface area (Å²) in [6, 6.07) is 13.0. The highest BCUT2D eigenvalue weighted by Crippen LogP contribution is 2.37. The summed E-state index contributed by atoms with van der Waals surface area (Å²) in [4.78, 5) is 39.4. The Bertz CT molecular complexity index is 1810. The van der Waals surface area contributed by atoms with Gasteiger partial charge in [-0.15, -0.1) is 11.3 Å². The lowest BCUT2D eigenvalue weighted by Gasteiger charge is -2.44. The Morgan fingerprint density at radius 2 is 1.79 bits per heavy atom. The number of ether oxygens (including phenoxy) is 4. The smallest absolute Gasteiger partial charge is 0.416 e. The average molecular weight is 780 g/mol. The molecule has 0 aliphatic carbocycles. The number of H-pyrrole nitrogens is 1. The Balaban J connectivity index is 0.00000523. The summed E-state index contributed by atoms with van der Waals surface area (Å²) in [6.45, 7) is 3.30. The van der Waals surface area contributed by atoms with E-state index in [1.54, 1.807) is 62.8 Å². The van der Waals surface area contributed by atoms with Crippen molar-refractivity contribution in [1.82, 2.24) is 9.88 Å². The molecule has 3 aliphatic heterocycles. The molecule has 0 saturated carbocycles. The van der Waals surface area contributed by atoms with E-state index in [1.165, 1.54) is 34.4 Å². The fraction of sp³-hybridized carbons (Fsp3) is 0.389. The second kappa shape index (κ2) is 17.6. The summed E-state index contributed by atoms with van der Waals surface area (Å²) >= 11 is 14.1. The zero-order chi connectivity index (χ0) is 36.1. The van der Waals surface area contributed by atoms with Crippen LogP contribution >= 0.6 is 34.5 Å². The number of carbonyl (C=O) groups is 2. The fourth-order valence-electron chi connectivity index (χ4n) is 6.25. The highest BCUT2D eigenvalue weighted by Gasteiger charge is 2.38. The van der Waals surface area contributed by atoms with E-state index in [0.717, 1.165) is 25.9 Å². The largest absolute Gasteiger partial charge is 0.870 e. The van der Waals surface area contributed by atoms with Gasteiger partial charge < -0.3 is 24.4 Å². The molecule has 3 fully saturated rings. The van der Waals surface area contributed by atoms with Gasteiger partial charge in [-0.2, -0.15) is 8.78 Å². The minimum atomic E-state index is -3.07. The number of esters is 1. The first kappa shape index (κ1) is 39.1. The maximum absolute atomic E-state index is 13.7. The topological polar surface area (TPSA) is 135 Å². The molecular formula is C36H38Cl2F2N4O7S. The summed E-state index contributed by atoms with van der Waals surface area (Å²) in [5, 5.41) is 0.635. The van der Waals surface area contributed by atoms with Gasteiger partial charge in [-0.25, -0.2) is 19.6 Å². The van der Waals surface area contributed by atoms with Crippen LogP contribution in [0.25, 0.3) is 0 Å². The molecule has 278 valence electrons. The van der Waals surface area contributed by atoms with Gasteiger partial charge >= 0.3 is 18.7 Å². The zero-order valence-electron chi connectivity index (χ0n) is 28.3. The quantitative estimate of drug-likeness (QED) is 0.124. The summed E-state index contributed by atoms with van der Waals surface area (Å²) in [5.41, 5.74) is 0.947. The van der Waals surface area contributed by atoms with Crippen LogP contribution in [0.2, 0.25) is 10.0 Å². The molecule has 0 unspecified atom stereocenters. The van der Waals surface area contributed by atoms with Crippen LogP contribution in [0.4, 0.5) is 19.4 Å². The molecule has 1 aromatic carbocycles. The lowest BCUT2D eigenvalue weighted by molar-refractivity contribution is -0.377. The van der Waals surface area contributed by atoms with Crippen molar-refractivity contribution in [2.24, 2.45) is 5.92 Å². The van der Waals surface area contributed by atoms with Crippen molar-refractivity contribution in [2.45, 2.75) is 64.6 Å². The first-order chi connectivity index (χ1) is 24.5. The third-order valence-electron chi connectivity index (χ3n) is 8.73. The van der Waals surface area contributed by atoms with Crippen LogP contribution in [-0.2, 0) is 22.4 Å². The highest BCUT2D eigenvalue weighted by atomic mass is 35.5. The molecule has 3 aromatic heterocycles. The number of aromatic nitrogens is 2. The van der Waals surface area contributed by atoms with Gasteiger partial charge in [0.1, 0.15) is 32.9 Å². The molecular weight excluding hydrogens is 741 g/mol. The minimum absolute atomic E-state index is 0. The van der Waals surface area contributed by atoms with E-state index < -0.39 is 24.8 Å². The predicted octanol–water partition coefficient (Wildman–Crippen LogP) is 7.85. The number of amides is 1. The van der Waals surface area contributed by atoms with Crippen molar-refractivity contribution >= 4 is 52.4 Å². The molecule has 1 amide bonds. The third kappa shape index (κ3) is 9.66. The second-order valence-electron chi connectivity index (χ2n) is 12.6. The zero-order valence-corrected chi connectivity index (χ0v) is 30.7. The minimum Gasteiger partial charge on any atom is -0.870 e. The van der Waals surface area contributed by atoms with Crippen molar-refractivity contribution < 1.29 is 47.8 Å². The Kier molecular flexibility index (Phi) is 13.3. The molecule has 2 bridgehead atoms. The molecule has 6 heterocycles. The van der Waals surface area contributed by atoms with Gasteiger partial charge in [0.15, 0.2) is 23.9 Å². The van der Waals surface area contributed by atoms with Crippen molar-refractivity contribution in [1.29, 1.82) is 0 Å². The van der Waals surface area contributed by atoms with Crippen LogP contribution in [0.5, 0.6) is 11.5 Å². The third-order valence-corrected chi connectivity index (χ3v) is 10.4. The molecule has 3 aliphatic rings. The standard InChI is InChI=1S/C36H36Cl2F2N4O6S.H2O/c1-21(2)47-30-15-23(6-8-28(30)49-35(39)40)29(16-25-26(37)17-41-18-27(25)38)48-34(45)32-9-7-24(51-32)19-44(33-5-3-4-12-42-33)36(46)50-31-20-43-13-10-22(31)11-14-43;/h3-9,12,15,17-18,21-22,29,31,35H,10-11,13-14,16,19-20H2,1-2H3;1H2/t29-,31-;/m0./s1. The number of hydrogen-bond acceptors (Lipinski definition) is 10. The van der Waals surface area contributed by atoms with Crippen LogP contribution in [0.15, 0.2) is 67.1 Å². The van der Waals surface area contributed by atoms with E-state index in [-0.39, 0.29) is 47.0 Å². The van der Waals surface area contributed by atoms with Crippen molar-refractivity contribution in [2.75, 3.05) is 24.5 Å². The lowest BCUT2D eigenvalue weighted by atomic mass is 9.86. The Hall–Kier alpha value is -4.08. The first-order valence-corrected chi connectivity index (χ1v) is 18.1. The fourth-order valence-corrected chi connectivity index (χ4v) is 7.67. The second-order valence-corrected chi connectivity index (χ2v) is 14.6. The van der Waals surface area contributed by atoms with E-state index in [0.29, 0.717) is 44.3 Å². The molecule has 4 aromatic rings. The number of fused-ring (bicyclic) bond motifs is 3. The molecule has 2 N–H and O–H groups in total. The first-order valence-electron chi connectivity index (χ1n) is 16.5. The number of thiophene rings is 1.